The van der Waals surface area contributed by atoms with Gasteiger partial charge in [0.15, 0.2) is 0 Å². The molecule has 0 bridgehead atoms. The summed E-state index contributed by atoms with van der Waals surface area (Å²) in [7, 11) is 0. The van der Waals surface area contributed by atoms with Crippen LogP contribution in [0.5, 0.6) is 0 Å². The summed E-state index contributed by atoms with van der Waals surface area (Å²) in [5, 5.41) is 0. The SMILES string of the molecule is CCCCCCOC(=O)CCCCCCCCC(=O)OC(CC)c1ccccc1. The molecular formula is C25H40O4. The second-order valence-corrected chi connectivity index (χ2v) is 7.70. The van der Waals surface area contributed by atoms with Crippen LogP contribution < -0.4 is 0 Å². The zero-order chi connectivity index (χ0) is 21.2. The highest BCUT2D eigenvalue weighted by atomic mass is 16.5. The first-order chi connectivity index (χ1) is 14.2. The number of unbranched alkanes of at least 4 members (excludes halogenated alkanes) is 8. The Hall–Kier alpha value is -1.84. The minimum atomic E-state index is -0.143. The molecule has 4 nitrogen and oxygen atoms in total. The van der Waals surface area contributed by atoms with E-state index >= 15 is 0 Å². The number of ether oxygens (including phenoxy) is 2. The van der Waals surface area contributed by atoms with Crippen LogP contribution in [0.1, 0.15) is 109 Å². The molecule has 164 valence electrons. The maximum absolute atomic E-state index is 12.1. The van der Waals surface area contributed by atoms with Gasteiger partial charge in [-0.2, -0.15) is 0 Å². The molecule has 0 saturated heterocycles. The minimum absolute atomic E-state index is 0.0619. The van der Waals surface area contributed by atoms with E-state index in [4.69, 9.17) is 9.47 Å². The predicted molar refractivity (Wildman–Crippen MR) is 118 cm³/mol. The molecule has 0 aliphatic heterocycles. The van der Waals surface area contributed by atoms with E-state index in [9.17, 15) is 9.59 Å². The van der Waals surface area contributed by atoms with E-state index in [0.29, 0.717) is 19.4 Å². The van der Waals surface area contributed by atoms with E-state index in [0.717, 1.165) is 63.4 Å². The fraction of sp³-hybridized carbons (Fsp3) is 0.680. The number of rotatable bonds is 17. The number of hydrogen-bond donors (Lipinski definition) is 0. The van der Waals surface area contributed by atoms with Crippen LogP contribution in [-0.4, -0.2) is 18.5 Å². The second kappa shape index (κ2) is 17.1. The molecule has 29 heavy (non-hydrogen) atoms. The lowest BCUT2D eigenvalue weighted by Gasteiger charge is -2.16. The Bertz CT molecular complexity index is 541. The lowest BCUT2D eigenvalue weighted by atomic mass is 10.1. The van der Waals surface area contributed by atoms with E-state index < -0.39 is 0 Å². The summed E-state index contributed by atoms with van der Waals surface area (Å²) in [5.41, 5.74) is 1.06. The molecule has 0 spiro atoms. The van der Waals surface area contributed by atoms with Crippen molar-refractivity contribution in [1.82, 2.24) is 0 Å². The minimum Gasteiger partial charge on any atom is -0.466 e. The first-order valence-electron chi connectivity index (χ1n) is 11.6. The zero-order valence-corrected chi connectivity index (χ0v) is 18.5. The Kier molecular flexibility index (Phi) is 14.8. The molecule has 0 fully saturated rings. The molecule has 0 aliphatic carbocycles. The molecule has 1 atom stereocenters. The van der Waals surface area contributed by atoms with Crippen molar-refractivity contribution in [3.63, 3.8) is 0 Å². The highest BCUT2D eigenvalue weighted by Gasteiger charge is 2.14. The van der Waals surface area contributed by atoms with Crippen molar-refractivity contribution in [1.29, 1.82) is 0 Å². The topological polar surface area (TPSA) is 52.6 Å². The van der Waals surface area contributed by atoms with E-state index in [1.54, 1.807) is 0 Å². The summed E-state index contributed by atoms with van der Waals surface area (Å²) in [6, 6.07) is 9.92. The first-order valence-corrected chi connectivity index (χ1v) is 11.6. The van der Waals surface area contributed by atoms with Gasteiger partial charge >= 0.3 is 11.9 Å². The molecule has 0 amide bonds. The van der Waals surface area contributed by atoms with Crippen LogP contribution >= 0.6 is 0 Å². The van der Waals surface area contributed by atoms with Crippen LogP contribution in [0.15, 0.2) is 30.3 Å². The Morgan fingerprint density at radius 1 is 0.759 bits per heavy atom. The number of carbonyl (C=O) groups excluding carboxylic acids is 2. The Morgan fingerprint density at radius 2 is 1.34 bits per heavy atom. The molecular weight excluding hydrogens is 364 g/mol. The lowest BCUT2D eigenvalue weighted by molar-refractivity contribution is -0.150. The molecule has 1 aromatic rings. The van der Waals surface area contributed by atoms with Crippen LogP contribution in [0.3, 0.4) is 0 Å². The number of benzene rings is 1. The maximum atomic E-state index is 12.1. The van der Waals surface area contributed by atoms with Crippen LogP contribution in [0, 0.1) is 0 Å². The Labute approximate surface area is 177 Å². The van der Waals surface area contributed by atoms with E-state index in [1.807, 2.05) is 37.3 Å². The van der Waals surface area contributed by atoms with Gasteiger partial charge in [0, 0.05) is 12.8 Å². The van der Waals surface area contributed by atoms with Crippen LogP contribution in [-0.2, 0) is 19.1 Å². The van der Waals surface area contributed by atoms with Gasteiger partial charge in [-0.05, 0) is 31.2 Å². The Balaban J connectivity index is 1.97. The molecule has 0 aliphatic rings. The highest BCUT2D eigenvalue weighted by Crippen LogP contribution is 2.21. The summed E-state index contributed by atoms with van der Waals surface area (Å²) in [4.78, 5) is 23.7. The van der Waals surface area contributed by atoms with Gasteiger partial charge in [0.1, 0.15) is 6.10 Å². The van der Waals surface area contributed by atoms with E-state index in [1.165, 1.54) is 12.8 Å². The van der Waals surface area contributed by atoms with Crippen LogP contribution in [0.2, 0.25) is 0 Å². The average molecular weight is 405 g/mol. The van der Waals surface area contributed by atoms with Gasteiger partial charge in [-0.25, -0.2) is 0 Å². The number of esters is 2. The molecule has 1 aromatic carbocycles. The van der Waals surface area contributed by atoms with Crippen molar-refractivity contribution in [3.8, 4) is 0 Å². The molecule has 0 aromatic heterocycles. The molecule has 0 heterocycles. The summed E-state index contributed by atoms with van der Waals surface area (Å²) >= 11 is 0. The van der Waals surface area contributed by atoms with Gasteiger partial charge in [0.05, 0.1) is 6.61 Å². The normalized spacial score (nSPS) is 11.8. The van der Waals surface area contributed by atoms with E-state index in [-0.39, 0.29) is 18.0 Å². The monoisotopic (exact) mass is 404 g/mol. The lowest BCUT2D eigenvalue weighted by Crippen LogP contribution is -2.10. The second-order valence-electron chi connectivity index (χ2n) is 7.70. The fourth-order valence-electron chi connectivity index (χ4n) is 3.31. The smallest absolute Gasteiger partial charge is 0.306 e. The van der Waals surface area contributed by atoms with Gasteiger partial charge in [-0.15, -0.1) is 0 Å². The third kappa shape index (κ3) is 13.1. The Morgan fingerprint density at radius 3 is 1.97 bits per heavy atom. The number of carbonyl (C=O) groups is 2. The summed E-state index contributed by atoms with van der Waals surface area (Å²) in [6.45, 7) is 4.77. The zero-order valence-electron chi connectivity index (χ0n) is 18.5. The van der Waals surface area contributed by atoms with Gasteiger partial charge in [0.25, 0.3) is 0 Å². The van der Waals surface area contributed by atoms with Gasteiger partial charge in [-0.1, -0.05) is 89.1 Å². The molecule has 0 saturated carbocycles. The largest absolute Gasteiger partial charge is 0.466 e. The third-order valence-electron chi connectivity index (χ3n) is 5.09. The van der Waals surface area contributed by atoms with Crippen molar-refractivity contribution in [3.05, 3.63) is 35.9 Å². The summed E-state index contributed by atoms with van der Waals surface area (Å²) < 4.78 is 10.9. The van der Waals surface area contributed by atoms with Crippen molar-refractivity contribution in [2.75, 3.05) is 6.61 Å². The molecule has 1 rings (SSSR count). The molecule has 0 radical (unpaired) electrons. The highest BCUT2D eigenvalue weighted by molar-refractivity contribution is 5.69. The van der Waals surface area contributed by atoms with Gasteiger partial charge in [-0.3, -0.25) is 9.59 Å². The van der Waals surface area contributed by atoms with Crippen LogP contribution in [0.25, 0.3) is 0 Å². The first kappa shape index (κ1) is 25.2. The van der Waals surface area contributed by atoms with Gasteiger partial charge < -0.3 is 9.47 Å². The summed E-state index contributed by atoms with van der Waals surface area (Å²) in [6.07, 6.45) is 12.2. The molecule has 4 heteroatoms. The van der Waals surface area contributed by atoms with Crippen LogP contribution in [0.4, 0.5) is 0 Å². The molecule has 1 unspecified atom stereocenters. The number of hydrogen-bond acceptors (Lipinski definition) is 4. The molecule has 0 N–H and O–H groups in total. The maximum Gasteiger partial charge on any atom is 0.306 e. The van der Waals surface area contributed by atoms with Crippen molar-refractivity contribution < 1.29 is 19.1 Å². The summed E-state index contributed by atoms with van der Waals surface area (Å²) in [5.74, 6) is -0.171. The average Bonchev–Trinajstić information content (AvgIpc) is 2.74. The van der Waals surface area contributed by atoms with Crippen molar-refractivity contribution in [2.45, 2.75) is 103 Å². The quantitative estimate of drug-likeness (QED) is 0.209. The van der Waals surface area contributed by atoms with Crippen molar-refractivity contribution in [2.24, 2.45) is 0 Å². The fourth-order valence-corrected chi connectivity index (χ4v) is 3.31. The standard InChI is InChI=1S/C25H40O4/c1-3-5-6-16-21-28-24(26)19-14-9-7-8-10-15-20-25(27)29-23(4-2)22-17-12-11-13-18-22/h11-13,17-18,23H,3-10,14-16,19-21H2,1-2H3. The van der Waals surface area contributed by atoms with Gasteiger partial charge in [0.2, 0.25) is 0 Å². The third-order valence-corrected chi connectivity index (χ3v) is 5.09. The van der Waals surface area contributed by atoms with E-state index in [2.05, 4.69) is 6.92 Å². The predicted octanol–water partition coefficient (Wildman–Crippen LogP) is 6.93. The van der Waals surface area contributed by atoms with Crippen molar-refractivity contribution >= 4 is 11.9 Å².